The Hall–Kier alpha value is -2.97. The Bertz CT molecular complexity index is 1120. The highest BCUT2D eigenvalue weighted by Gasteiger charge is 2.45. The topological polar surface area (TPSA) is 107 Å². The molecule has 196 valence electrons. The summed E-state index contributed by atoms with van der Waals surface area (Å²) in [4.78, 5) is 48.8. The van der Waals surface area contributed by atoms with E-state index in [9.17, 15) is 18.8 Å². The number of benzene rings is 1. The number of aromatic amines is 1. The summed E-state index contributed by atoms with van der Waals surface area (Å²) in [6, 6.07) is 3.26. The fraction of sp³-hybridized carbons (Fsp3) is 0.630. The number of carbonyl (C=O) groups is 3. The lowest BCUT2D eigenvalue weighted by molar-refractivity contribution is -0.139. The van der Waals surface area contributed by atoms with Crippen LogP contribution in [0.25, 0.3) is 11.0 Å². The molecule has 2 unspecified atom stereocenters. The van der Waals surface area contributed by atoms with E-state index in [1.807, 2.05) is 4.90 Å². The summed E-state index contributed by atoms with van der Waals surface area (Å²) in [5.41, 5.74) is 0.744. The van der Waals surface area contributed by atoms with E-state index >= 15 is 0 Å². The molecule has 2 fully saturated rings. The van der Waals surface area contributed by atoms with Gasteiger partial charge in [-0.3, -0.25) is 14.4 Å². The van der Waals surface area contributed by atoms with Crippen molar-refractivity contribution in [3.05, 3.63) is 29.8 Å². The van der Waals surface area contributed by atoms with Gasteiger partial charge in [-0.15, -0.1) is 0 Å². The number of piperidine rings is 1. The number of hydrogen-bond acceptors (Lipinski definition) is 4. The number of imidazole rings is 1. The lowest BCUT2D eigenvalue weighted by Gasteiger charge is -2.36. The molecule has 0 radical (unpaired) electrons. The second-order valence-corrected chi connectivity index (χ2v) is 10.6. The number of amides is 3. The molecule has 1 aromatic carbocycles. The molecule has 1 aromatic heterocycles. The molecule has 0 spiro atoms. The third kappa shape index (κ3) is 5.71. The summed E-state index contributed by atoms with van der Waals surface area (Å²) in [7, 11) is 0. The first-order valence-electron chi connectivity index (χ1n) is 13.2. The molecule has 1 aliphatic heterocycles. The number of nitrogens with zero attached hydrogens (tertiary/aromatic N) is 2. The van der Waals surface area contributed by atoms with Gasteiger partial charge in [0, 0.05) is 18.5 Å². The first-order chi connectivity index (χ1) is 17.2. The van der Waals surface area contributed by atoms with Crippen LogP contribution in [-0.4, -0.2) is 51.2 Å². The van der Waals surface area contributed by atoms with Gasteiger partial charge >= 0.3 is 0 Å². The molecule has 2 aromatic rings. The van der Waals surface area contributed by atoms with Crippen LogP contribution in [0.5, 0.6) is 0 Å². The largest absolute Gasteiger partial charge is 0.345 e. The first-order valence-corrected chi connectivity index (χ1v) is 13.2. The lowest BCUT2D eigenvalue weighted by atomic mass is 9.98. The Kier molecular flexibility index (Phi) is 7.95. The van der Waals surface area contributed by atoms with Gasteiger partial charge in [-0.25, -0.2) is 9.37 Å². The van der Waals surface area contributed by atoms with Crippen LogP contribution in [0.3, 0.4) is 0 Å². The van der Waals surface area contributed by atoms with Crippen molar-refractivity contribution in [3.8, 4) is 0 Å². The van der Waals surface area contributed by atoms with E-state index in [1.165, 1.54) is 6.07 Å². The van der Waals surface area contributed by atoms with Crippen LogP contribution in [0.4, 0.5) is 4.39 Å². The molecule has 3 amide bonds. The molecule has 1 saturated heterocycles. The van der Waals surface area contributed by atoms with Gasteiger partial charge in [0.05, 0.1) is 18.0 Å². The predicted octanol–water partition coefficient (Wildman–Crippen LogP) is 3.84. The normalized spacial score (nSPS) is 23.4. The first kappa shape index (κ1) is 26.1. The maximum Gasteiger partial charge on any atom is 0.243 e. The summed E-state index contributed by atoms with van der Waals surface area (Å²) in [5, 5.41) is 5.74. The van der Waals surface area contributed by atoms with Crippen LogP contribution in [-0.2, 0) is 14.4 Å². The highest BCUT2D eigenvalue weighted by molar-refractivity contribution is 5.93. The zero-order valence-corrected chi connectivity index (χ0v) is 21.6. The van der Waals surface area contributed by atoms with E-state index < -0.39 is 23.8 Å². The van der Waals surface area contributed by atoms with Gasteiger partial charge in [0.2, 0.25) is 17.7 Å². The van der Waals surface area contributed by atoms with Crippen LogP contribution < -0.4 is 10.6 Å². The quantitative estimate of drug-likeness (QED) is 0.487. The van der Waals surface area contributed by atoms with E-state index in [4.69, 9.17) is 0 Å². The summed E-state index contributed by atoms with van der Waals surface area (Å²) in [5.74, 6) is -0.199. The number of carbonyl (C=O) groups excluding carboxylic acids is 3. The van der Waals surface area contributed by atoms with Crippen LogP contribution in [0, 0.1) is 23.6 Å². The Morgan fingerprint density at radius 3 is 2.64 bits per heavy atom. The van der Waals surface area contributed by atoms with Crippen LogP contribution in [0.1, 0.15) is 78.1 Å². The van der Waals surface area contributed by atoms with Gasteiger partial charge in [-0.2, -0.15) is 0 Å². The molecule has 0 bridgehead atoms. The Morgan fingerprint density at radius 2 is 1.97 bits per heavy atom. The van der Waals surface area contributed by atoms with E-state index in [0.717, 1.165) is 32.1 Å². The number of aromatic nitrogens is 2. The van der Waals surface area contributed by atoms with Crippen molar-refractivity contribution in [2.24, 2.45) is 17.8 Å². The molecule has 36 heavy (non-hydrogen) atoms. The highest BCUT2D eigenvalue weighted by atomic mass is 19.1. The number of H-pyrrole nitrogens is 1. The highest BCUT2D eigenvalue weighted by Crippen LogP contribution is 2.44. The lowest BCUT2D eigenvalue weighted by Crippen LogP contribution is -2.52. The Morgan fingerprint density at radius 1 is 1.19 bits per heavy atom. The molecule has 8 nitrogen and oxygen atoms in total. The number of fused-ring (bicyclic) bond motifs is 1. The number of likely N-dealkylation sites (tertiary alicyclic amines) is 1. The Labute approximate surface area is 211 Å². The molecule has 9 heteroatoms. The van der Waals surface area contributed by atoms with Crippen LogP contribution >= 0.6 is 0 Å². The van der Waals surface area contributed by atoms with Crippen molar-refractivity contribution in [2.45, 2.75) is 84.3 Å². The van der Waals surface area contributed by atoms with Crippen molar-refractivity contribution in [3.63, 3.8) is 0 Å². The molecule has 1 aliphatic carbocycles. The minimum Gasteiger partial charge on any atom is -0.345 e. The molecule has 1 saturated carbocycles. The second-order valence-electron chi connectivity index (χ2n) is 10.6. The van der Waals surface area contributed by atoms with Crippen molar-refractivity contribution in [1.82, 2.24) is 25.5 Å². The maximum atomic E-state index is 14.1. The summed E-state index contributed by atoms with van der Waals surface area (Å²) < 4.78 is 14.1. The fourth-order valence-electron chi connectivity index (χ4n) is 5.39. The maximum absolute atomic E-state index is 14.1. The summed E-state index contributed by atoms with van der Waals surface area (Å²) in [6.07, 6.45) is 4.58. The van der Waals surface area contributed by atoms with Gasteiger partial charge in [-0.05, 0) is 63.0 Å². The molecular formula is C27H38FN5O3. The van der Waals surface area contributed by atoms with Gasteiger partial charge in [0.25, 0.3) is 0 Å². The Balaban J connectivity index is 1.48. The van der Waals surface area contributed by atoms with Crippen molar-refractivity contribution in [2.75, 3.05) is 6.54 Å². The van der Waals surface area contributed by atoms with Crippen LogP contribution in [0.2, 0.25) is 0 Å². The number of para-hydroxylation sites is 1. The van der Waals surface area contributed by atoms with E-state index in [2.05, 4.69) is 41.4 Å². The SMILES string of the molecule is CC[C@H]1CCCCN1C(=O)C[C@H](NC(=O)C1CC1C(C)C)C(=O)N[C@@H](C)c1nc2c(F)cccc2[nH]1. The molecule has 2 heterocycles. The average molecular weight is 500 g/mol. The number of hydrogen-bond donors (Lipinski definition) is 3. The molecule has 4 rings (SSSR count). The third-order valence-electron chi connectivity index (χ3n) is 7.71. The van der Waals surface area contributed by atoms with E-state index in [0.29, 0.717) is 29.7 Å². The monoisotopic (exact) mass is 499 g/mol. The second kappa shape index (κ2) is 11.0. The minimum atomic E-state index is -0.985. The molecule has 2 aliphatic rings. The van der Waals surface area contributed by atoms with Crippen molar-refractivity contribution in [1.29, 1.82) is 0 Å². The van der Waals surface area contributed by atoms with Crippen molar-refractivity contribution < 1.29 is 18.8 Å². The van der Waals surface area contributed by atoms with Gasteiger partial charge in [-0.1, -0.05) is 26.8 Å². The molecule has 5 atom stereocenters. The number of nitrogens with one attached hydrogen (secondary N) is 3. The van der Waals surface area contributed by atoms with E-state index in [-0.39, 0.29) is 35.7 Å². The molecular weight excluding hydrogens is 461 g/mol. The standard InChI is InChI=1S/C27H38FN5O3/c1-5-17-9-6-7-12-33(17)23(34)14-22(31-26(35)19-13-18(19)15(2)3)27(36)29-16(4)25-30-21-11-8-10-20(28)24(21)32-25/h8,10-11,15-19,22H,5-7,9,12-14H2,1-4H3,(H,29,36)(H,30,32)(H,31,35)/t16-,17-,18?,19?,22-/m0/s1. The number of halogens is 1. The van der Waals surface area contributed by atoms with Gasteiger partial charge in [0.15, 0.2) is 5.82 Å². The zero-order chi connectivity index (χ0) is 26.0. The third-order valence-corrected chi connectivity index (χ3v) is 7.71. The van der Waals surface area contributed by atoms with Crippen LogP contribution in [0.15, 0.2) is 18.2 Å². The van der Waals surface area contributed by atoms with Crippen molar-refractivity contribution >= 4 is 28.8 Å². The molecule has 3 N–H and O–H groups in total. The van der Waals surface area contributed by atoms with Gasteiger partial charge in [0.1, 0.15) is 17.4 Å². The van der Waals surface area contributed by atoms with Gasteiger partial charge < -0.3 is 20.5 Å². The zero-order valence-electron chi connectivity index (χ0n) is 21.6. The minimum absolute atomic E-state index is 0.0887. The smallest absolute Gasteiger partial charge is 0.243 e. The average Bonchev–Trinajstić information content (AvgIpc) is 3.55. The fourth-order valence-corrected chi connectivity index (χ4v) is 5.39. The number of rotatable bonds is 9. The summed E-state index contributed by atoms with van der Waals surface area (Å²) in [6.45, 7) is 8.66. The van der Waals surface area contributed by atoms with E-state index in [1.54, 1.807) is 19.1 Å². The summed E-state index contributed by atoms with van der Waals surface area (Å²) >= 11 is 0. The predicted molar refractivity (Wildman–Crippen MR) is 135 cm³/mol.